The number of hydrogen-bond donors (Lipinski definition) is 1. The summed E-state index contributed by atoms with van der Waals surface area (Å²) >= 11 is 0. The smallest absolute Gasteiger partial charge is 0.0581 e. The maximum atomic E-state index is 3.82. The summed E-state index contributed by atoms with van der Waals surface area (Å²) in [7, 11) is 0. The molecule has 0 spiro atoms. The van der Waals surface area contributed by atoms with E-state index in [-0.39, 0.29) is 0 Å². The van der Waals surface area contributed by atoms with Crippen LogP contribution in [0.1, 0.15) is 47.2 Å². The molecule has 1 heterocycles. The first-order valence-electron chi connectivity index (χ1n) is 7.59. The van der Waals surface area contributed by atoms with Crippen molar-refractivity contribution < 1.29 is 0 Å². The van der Waals surface area contributed by atoms with Gasteiger partial charge in [0.2, 0.25) is 0 Å². The summed E-state index contributed by atoms with van der Waals surface area (Å²) < 4.78 is 0. The van der Waals surface area contributed by atoms with Gasteiger partial charge in [-0.05, 0) is 43.4 Å². The van der Waals surface area contributed by atoms with Crippen molar-refractivity contribution in [2.45, 2.75) is 45.7 Å². The number of benzene rings is 2. The highest BCUT2D eigenvalue weighted by atomic mass is 15.0. The third kappa shape index (κ3) is 2.51. The quantitative estimate of drug-likeness (QED) is 0.853. The second-order valence-electron chi connectivity index (χ2n) is 6.02. The Morgan fingerprint density at radius 1 is 1.00 bits per heavy atom. The van der Waals surface area contributed by atoms with Crippen LogP contribution in [0.25, 0.3) is 0 Å². The van der Waals surface area contributed by atoms with Gasteiger partial charge in [0.1, 0.15) is 0 Å². The van der Waals surface area contributed by atoms with Gasteiger partial charge in [0.05, 0.1) is 6.04 Å². The zero-order valence-electron chi connectivity index (χ0n) is 12.6. The Morgan fingerprint density at radius 2 is 1.70 bits per heavy atom. The highest BCUT2D eigenvalue weighted by molar-refractivity contribution is 5.42. The van der Waals surface area contributed by atoms with Crippen LogP contribution >= 0.6 is 0 Å². The molecule has 1 N–H and O–H groups in total. The Balaban J connectivity index is 2.05. The van der Waals surface area contributed by atoms with E-state index in [1.807, 2.05) is 0 Å². The molecule has 1 heteroatoms. The molecule has 0 amide bonds. The first-order valence-corrected chi connectivity index (χ1v) is 7.59. The molecular weight excluding hydrogens is 242 g/mol. The predicted molar refractivity (Wildman–Crippen MR) is 85.1 cm³/mol. The fourth-order valence-corrected chi connectivity index (χ4v) is 3.12. The molecule has 0 bridgehead atoms. The van der Waals surface area contributed by atoms with Crippen LogP contribution < -0.4 is 5.32 Å². The van der Waals surface area contributed by atoms with Crippen LogP contribution in [0.2, 0.25) is 0 Å². The summed E-state index contributed by atoms with van der Waals surface area (Å²) in [5.74, 6) is 0. The minimum Gasteiger partial charge on any atom is -0.303 e. The summed E-state index contributed by atoms with van der Waals surface area (Å²) in [6.45, 7) is 6.59. The molecule has 0 aliphatic carbocycles. The maximum Gasteiger partial charge on any atom is 0.0581 e. The zero-order valence-corrected chi connectivity index (χ0v) is 12.6. The fraction of sp³-hybridized carbons (Fsp3) is 0.368. The second kappa shape index (κ2) is 5.41. The van der Waals surface area contributed by atoms with Crippen molar-refractivity contribution in [3.8, 4) is 0 Å². The maximum absolute atomic E-state index is 3.82. The van der Waals surface area contributed by atoms with Crippen molar-refractivity contribution in [1.82, 2.24) is 5.32 Å². The van der Waals surface area contributed by atoms with Crippen LogP contribution in [0.15, 0.2) is 42.5 Å². The Labute approximate surface area is 122 Å². The van der Waals surface area contributed by atoms with Crippen molar-refractivity contribution in [1.29, 1.82) is 0 Å². The molecule has 2 atom stereocenters. The lowest BCUT2D eigenvalue weighted by molar-refractivity contribution is 0.427. The van der Waals surface area contributed by atoms with Gasteiger partial charge in [0, 0.05) is 6.04 Å². The van der Waals surface area contributed by atoms with Gasteiger partial charge in [-0.25, -0.2) is 0 Å². The van der Waals surface area contributed by atoms with Gasteiger partial charge in [0.15, 0.2) is 0 Å². The van der Waals surface area contributed by atoms with Gasteiger partial charge in [-0.3, -0.25) is 0 Å². The average Bonchev–Trinajstić information content (AvgIpc) is 2.47. The summed E-state index contributed by atoms with van der Waals surface area (Å²) in [6, 6.07) is 16.8. The molecule has 3 rings (SSSR count). The lowest BCUT2D eigenvalue weighted by Gasteiger charge is -2.33. The largest absolute Gasteiger partial charge is 0.303 e. The Bertz CT molecular complexity index is 598. The molecule has 1 aliphatic rings. The van der Waals surface area contributed by atoms with Crippen LogP contribution in [0.4, 0.5) is 0 Å². The van der Waals surface area contributed by atoms with Gasteiger partial charge in [0.25, 0.3) is 0 Å². The first-order chi connectivity index (χ1) is 9.67. The molecule has 0 aromatic heterocycles. The third-order valence-corrected chi connectivity index (χ3v) is 4.38. The monoisotopic (exact) mass is 265 g/mol. The van der Waals surface area contributed by atoms with Crippen molar-refractivity contribution in [2.75, 3.05) is 0 Å². The standard InChI is InChI=1S/C19H23N/c1-4-17-12-16-10-7-14(3)11-18(16)19(20-17)15-8-5-13(2)6-9-15/h5-11,17,19-20H,4,12H2,1-3H3. The Hall–Kier alpha value is -1.60. The van der Waals surface area contributed by atoms with Crippen LogP contribution in [-0.4, -0.2) is 6.04 Å². The minimum atomic E-state index is 0.337. The summed E-state index contributed by atoms with van der Waals surface area (Å²) in [5, 5.41) is 3.82. The number of rotatable bonds is 2. The molecule has 104 valence electrons. The minimum absolute atomic E-state index is 0.337. The highest BCUT2D eigenvalue weighted by Gasteiger charge is 2.26. The molecule has 1 aliphatic heterocycles. The molecule has 20 heavy (non-hydrogen) atoms. The van der Waals surface area contributed by atoms with E-state index >= 15 is 0 Å². The van der Waals surface area contributed by atoms with Crippen LogP contribution in [0.5, 0.6) is 0 Å². The van der Waals surface area contributed by atoms with Gasteiger partial charge in [-0.15, -0.1) is 0 Å². The molecule has 0 radical (unpaired) electrons. The lowest BCUT2D eigenvalue weighted by atomic mass is 9.85. The van der Waals surface area contributed by atoms with E-state index in [2.05, 4.69) is 68.6 Å². The van der Waals surface area contributed by atoms with E-state index in [1.165, 1.54) is 34.2 Å². The summed E-state index contributed by atoms with van der Waals surface area (Å²) in [6.07, 6.45) is 2.32. The zero-order chi connectivity index (χ0) is 14.1. The number of nitrogens with one attached hydrogen (secondary N) is 1. The van der Waals surface area contributed by atoms with Gasteiger partial charge in [-0.1, -0.05) is 60.5 Å². The summed E-state index contributed by atoms with van der Waals surface area (Å²) in [5.41, 5.74) is 7.00. The van der Waals surface area contributed by atoms with Crippen molar-refractivity contribution in [3.05, 3.63) is 70.3 Å². The number of hydrogen-bond acceptors (Lipinski definition) is 1. The topological polar surface area (TPSA) is 12.0 Å². The summed E-state index contributed by atoms with van der Waals surface area (Å²) in [4.78, 5) is 0. The highest BCUT2D eigenvalue weighted by Crippen LogP contribution is 2.32. The molecule has 1 nitrogen and oxygen atoms in total. The molecule has 0 fully saturated rings. The predicted octanol–water partition coefficient (Wildman–Crippen LogP) is 4.32. The van der Waals surface area contributed by atoms with E-state index in [0.29, 0.717) is 12.1 Å². The van der Waals surface area contributed by atoms with Crippen LogP contribution in [-0.2, 0) is 6.42 Å². The average molecular weight is 265 g/mol. The first kappa shape index (κ1) is 13.4. The molecule has 2 aromatic rings. The molecule has 2 unspecified atom stereocenters. The molecule has 0 saturated carbocycles. The lowest BCUT2D eigenvalue weighted by Crippen LogP contribution is -2.39. The fourth-order valence-electron chi connectivity index (χ4n) is 3.12. The number of aryl methyl sites for hydroxylation is 2. The normalized spacial score (nSPS) is 21.6. The van der Waals surface area contributed by atoms with Gasteiger partial charge >= 0.3 is 0 Å². The van der Waals surface area contributed by atoms with Crippen molar-refractivity contribution in [3.63, 3.8) is 0 Å². The van der Waals surface area contributed by atoms with E-state index in [9.17, 15) is 0 Å². The number of fused-ring (bicyclic) bond motifs is 1. The van der Waals surface area contributed by atoms with E-state index in [0.717, 1.165) is 6.42 Å². The van der Waals surface area contributed by atoms with Gasteiger partial charge in [-0.2, -0.15) is 0 Å². The second-order valence-corrected chi connectivity index (χ2v) is 6.02. The van der Waals surface area contributed by atoms with Crippen molar-refractivity contribution in [2.24, 2.45) is 0 Å². The van der Waals surface area contributed by atoms with Gasteiger partial charge < -0.3 is 5.32 Å². The molecule has 0 saturated heterocycles. The van der Waals surface area contributed by atoms with E-state index in [4.69, 9.17) is 0 Å². The van der Waals surface area contributed by atoms with Crippen molar-refractivity contribution >= 4 is 0 Å². The third-order valence-electron chi connectivity index (χ3n) is 4.38. The molecule has 2 aromatic carbocycles. The Kier molecular flexibility index (Phi) is 3.62. The van der Waals surface area contributed by atoms with Crippen LogP contribution in [0.3, 0.4) is 0 Å². The van der Waals surface area contributed by atoms with E-state index < -0.39 is 0 Å². The van der Waals surface area contributed by atoms with E-state index in [1.54, 1.807) is 0 Å². The molecular formula is C19H23N. The Morgan fingerprint density at radius 3 is 2.40 bits per heavy atom. The van der Waals surface area contributed by atoms with Crippen LogP contribution in [0, 0.1) is 13.8 Å². The SMILES string of the molecule is CCC1Cc2ccc(C)cc2C(c2ccc(C)cc2)N1.